The number of hydrogen-bond acceptors (Lipinski definition) is 6. The number of carbonyl (C=O) groups is 3. The molecule has 2 aliphatic carbocycles. The highest BCUT2D eigenvalue weighted by Gasteiger charge is 2.49. The maximum atomic E-state index is 14.0. The minimum absolute atomic E-state index is 0.00491. The third-order valence-corrected chi connectivity index (χ3v) is 9.78. The van der Waals surface area contributed by atoms with Crippen LogP contribution in [-0.2, 0) is 21.0 Å². The van der Waals surface area contributed by atoms with Gasteiger partial charge in [0.2, 0.25) is 0 Å². The van der Waals surface area contributed by atoms with Crippen molar-refractivity contribution in [2.45, 2.75) is 72.3 Å². The molecule has 0 radical (unpaired) electrons. The second-order valence-electron chi connectivity index (χ2n) is 13.3. The Morgan fingerprint density at radius 2 is 1.53 bits per heavy atom. The Morgan fingerprint density at radius 3 is 2.05 bits per heavy atom. The summed E-state index contributed by atoms with van der Waals surface area (Å²) in [5.41, 5.74) is 4.15. The second kappa shape index (κ2) is 12.0. The Bertz CT molecular complexity index is 1500. The molecule has 3 aliphatic rings. The van der Waals surface area contributed by atoms with Gasteiger partial charge in [-0.1, -0.05) is 55.8 Å². The van der Waals surface area contributed by atoms with E-state index in [2.05, 4.69) is 66.2 Å². The molecule has 0 atom stereocenters. The molecule has 0 aromatic heterocycles. The minimum atomic E-state index is -0.910. The van der Waals surface area contributed by atoms with Crippen molar-refractivity contribution in [3.63, 3.8) is 0 Å². The van der Waals surface area contributed by atoms with Gasteiger partial charge >= 0.3 is 5.97 Å². The number of ketones is 2. The van der Waals surface area contributed by atoms with Crippen molar-refractivity contribution < 1.29 is 29.0 Å². The molecule has 43 heavy (non-hydrogen) atoms. The zero-order chi connectivity index (χ0) is 31.3. The Morgan fingerprint density at radius 1 is 0.977 bits per heavy atom. The molecule has 1 N–H and O–H groups in total. The molecule has 0 spiro atoms. The molecular formula is C34H37BrINO6. The van der Waals surface area contributed by atoms with E-state index in [-0.39, 0.29) is 35.4 Å². The first-order valence-corrected chi connectivity index (χ1v) is 16.3. The van der Waals surface area contributed by atoms with Gasteiger partial charge in [0.25, 0.3) is 0 Å². The summed E-state index contributed by atoms with van der Waals surface area (Å²) in [4.78, 5) is 41.7. The van der Waals surface area contributed by atoms with Crippen molar-refractivity contribution >= 4 is 56.1 Å². The largest absolute Gasteiger partial charge is 0.493 e. The fourth-order valence-electron chi connectivity index (χ4n) is 6.64. The van der Waals surface area contributed by atoms with Crippen LogP contribution >= 0.6 is 38.5 Å². The maximum absolute atomic E-state index is 14.0. The molecular weight excluding hydrogens is 725 g/mol. The van der Waals surface area contributed by atoms with E-state index in [9.17, 15) is 19.5 Å². The van der Waals surface area contributed by atoms with Gasteiger partial charge in [-0.25, -0.2) is 0 Å². The number of halogens is 2. The standard InChI is InChI=1S/C34H37BrINO6/c1-33(2)14-23-30(25(38)16-33)29(31-24(37(23)11-10-28(40)41)15-34(3,4)17-26(31)39)20-12-22(36)32(27(13-20)42-5)43-18-19-6-8-21(35)9-7-19/h6-9,12-13,29H,10-11,14-18H2,1-5H3,(H,40,41). The van der Waals surface area contributed by atoms with Crippen LogP contribution in [0, 0.1) is 14.4 Å². The third-order valence-electron chi connectivity index (χ3n) is 8.45. The van der Waals surface area contributed by atoms with Gasteiger partial charge in [0.1, 0.15) is 6.61 Å². The van der Waals surface area contributed by atoms with Crippen molar-refractivity contribution in [2.75, 3.05) is 13.7 Å². The lowest BCUT2D eigenvalue weighted by molar-refractivity contribution is -0.137. The first-order chi connectivity index (χ1) is 20.2. The van der Waals surface area contributed by atoms with E-state index < -0.39 is 11.9 Å². The third kappa shape index (κ3) is 6.57. The van der Waals surface area contributed by atoms with Crippen molar-refractivity contribution in [3.8, 4) is 11.5 Å². The molecule has 0 saturated heterocycles. The Balaban J connectivity index is 1.65. The molecule has 1 aliphatic heterocycles. The molecule has 9 heteroatoms. The summed E-state index contributed by atoms with van der Waals surface area (Å²) in [7, 11) is 1.59. The average Bonchev–Trinajstić information content (AvgIpc) is 2.90. The maximum Gasteiger partial charge on any atom is 0.305 e. The van der Waals surface area contributed by atoms with Gasteiger partial charge < -0.3 is 19.5 Å². The number of benzene rings is 2. The van der Waals surface area contributed by atoms with Gasteiger partial charge in [0.15, 0.2) is 23.1 Å². The van der Waals surface area contributed by atoms with Crippen LogP contribution in [0.15, 0.2) is 63.4 Å². The van der Waals surface area contributed by atoms with Gasteiger partial charge in [0, 0.05) is 52.3 Å². The summed E-state index contributed by atoms with van der Waals surface area (Å²) in [6, 6.07) is 11.8. The van der Waals surface area contributed by atoms with Crippen LogP contribution < -0.4 is 9.47 Å². The molecule has 7 nitrogen and oxygen atoms in total. The fourth-order valence-corrected chi connectivity index (χ4v) is 7.69. The topological polar surface area (TPSA) is 93.1 Å². The van der Waals surface area contributed by atoms with Crippen LogP contribution in [-0.4, -0.2) is 41.2 Å². The van der Waals surface area contributed by atoms with Crippen LogP contribution in [0.5, 0.6) is 11.5 Å². The van der Waals surface area contributed by atoms with E-state index in [1.165, 1.54) is 0 Å². The van der Waals surface area contributed by atoms with E-state index in [0.717, 1.165) is 30.6 Å². The van der Waals surface area contributed by atoms with Crippen LogP contribution in [0.3, 0.4) is 0 Å². The highest BCUT2D eigenvalue weighted by molar-refractivity contribution is 14.1. The quantitative estimate of drug-likeness (QED) is 0.275. The van der Waals surface area contributed by atoms with Crippen LogP contribution in [0.1, 0.15) is 76.8 Å². The molecule has 0 unspecified atom stereocenters. The predicted octanol–water partition coefficient (Wildman–Crippen LogP) is 7.80. The van der Waals surface area contributed by atoms with Crippen molar-refractivity contribution in [1.82, 2.24) is 4.90 Å². The zero-order valence-electron chi connectivity index (χ0n) is 25.2. The predicted molar refractivity (Wildman–Crippen MR) is 176 cm³/mol. The zero-order valence-corrected chi connectivity index (χ0v) is 28.9. The molecule has 0 saturated carbocycles. The van der Waals surface area contributed by atoms with E-state index >= 15 is 0 Å². The number of ether oxygens (including phenoxy) is 2. The van der Waals surface area contributed by atoms with E-state index in [1.54, 1.807) is 7.11 Å². The molecule has 1 heterocycles. The van der Waals surface area contributed by atoms with E-state index in [0.29, 0.717) is 54.9 Å². The minimum Gasteiger partial charge on any atom is -0.493 e. The molecule has 0 amide bonds. The number of Topliss-reactive ketones (excluding diaryl/α,β-unsaturated/α-hetero) is 2. The number of carbonyl (C=O) groups excluding carboxylic acids is 2. The van der Waals surface area contributed by atoms with Crippen LogP contribution in [0.2, 0.25) is 0 Å². The smallest absolute Gasteiger partial charge is 0.305 e. The SMILES string of the molecule is COc1cc(C2C3=C(CC(C)(C)CC3=O)N(CCC(=O)O)C3=C2C(=O)CC(C)(C)C3)cc(I)c1OCc1ccc(Br)cc1. The number of methoxy groups -OCH3 is 1. The normalized spacial score (nSPS) is 19.7. The lowest BCUT2D eigenvalue weighted by Crippen LogP contribution is -2.45. The number of hydrogen-bond donors (Lipinski definition) is 1. The summed E-state index contributed by atoms with van der Waals surface area (Å²) in [5.74, 6) is -0.322. The summed E-state index contributed by atoms with van der Waals surface area (Å²) >= 11 is 5.69. The number of rotatable bonds is 8. The van der Waals surface area contributed by atoms with Crippen molar-refractivity contribution in [2.24, 2.45) is 10.8 Å². The molecule has 2 aromatic rings. The van der Waals surface area contributed by atoms with Crippen LogP contribution in [0.4, 0.5) is 0 Å². The highest BCUT2D eigenvalue weighted by atomic mass is 127. The summed E-state index contributed by atoms with van der Waals surface area (Å²) < 4.78 is 13.9. The lowest BCUT2D eigenvalue weighted by Gasteiger charge is -2.49. The fraction of sp³-hybridized carbons (Fsp3) is 0.441. The number of aliphatic carboxylic acids is 1. The van der Waals surface area contributed by atoms with Gasteiger partial charge in [-0.2, -0.15) is 0 Å². The van der Waals surface area contributed by atoms with E-state index in [1.807, 2.05) is 41.3 Å². The Hall–Kier alpha value is -2.66. The number of allylic oxidation sites excluding steroid dienone is 4. The van der Waals surface area contributed by atoms with Gasteiger partial charge in [-0.05, 0) is 81.7 Å². The monoisotopic (exact) mass is 761 g/mol. The Kier molecular flexibility index (Phi) is 8.88. The molecule has 228 valence electrons. The lowest BCUT2D eigenvalue weighted by atomic mass is 9.63. The number of carboxylic acid groups (broad SMARTS) is 1. The van der Waals surface area contributed by atoms with Gasteiger partial charge in [0.05, 0.1) is 17.1 Å². The molecule has 0 fully saturated rings. The highest BCUT2D eigenvalue weighted by Crippen LogP contribution is 2.55. The van der Waals surface area contributed by atoms with Crippen molar-refractivity contribution in [1.29, 1.82) is 0 Å². The van der Waals surface area contributed by atoms with E-state index in [4.69, 9.17) is 9.47 Å². The average molecular weight is 762 g/mol. The first-order valence-electron chi connectivity index (χ1n) is 14.5. The number of nitrogens with zero attached hydrogens (tertiary/aromatic N) is 1. The first kappa shape index (κ1) is 31.8. The Labute approximate surface area is 275 Å². The summed E-state index contributed by atoms with van der Waals surface area (Å²) in [6.07, 6.45) is 1.88. The van der Waals surface area contributed by atoms with Crippen molar-refractivity contribution in [3.05, 3.63) is 78.1 Å². The number of carboxylic acids is 1. The van der Waals surface area contributed by atoms with Crippen LogP contribution in [0.25, 0.3) is 0 Å². The van der Waals surface area contributed by atoms with Gasteiger partial charge in [-0.3, -0.25) is 14.4 Å². The summed E-state index contributed by atoms with van der Waals surface area (Å²) in [5, 5.41) is 9.60. The summed E-state index contributed by atoms with van der Waals surface area (Å²) in [6.45, 7) is 8.86. The molecule has 5 rings (SSSR count). The molecule has 2 aromatic carbocycles. The second-order valence-corrected chi connectivity index (χ2v) is 15.4. The van der Waals surface area contributed by atoms with Gasteiger partial charge in [-0.15, -0.1) is 0 Å². The molecule has 0 bridgehead atoms.